The van der Waals surface area contributed by atoms with E-state index in [-0.39, 0.29) is 23.9 Å². The first-order chi connectivity index (χ1) is 13.6. The Morgan fingerprint density at radius 2 is 1.83 bits per heavy atom. The van der Waals surface area contributed by atoms with E-state index in [1.807, 2.05) is 6.92 Å². The number of alkyl halides is 1. The number of carbonyl (C=O) groups is 2. The van der Waals surface area contributed by atoms with E-state index in [0.29, 0.717) is 19.3 Å². The molecule has 4 aliphatic rings. The first-order valence-electron chi connectivity index (χ1n) is 10.7. The van der Waals surface area contributed by atoms with E-state index in [2.05, 4.69) is 20.8 Å². The average Bonchev–Trinajstić information content (AvgIpc) is 2.86. The summed E-state index contributed by atoms with van der Waals surface area (Å²) >= 11 is 3.35. The Labute approximate surface area is 181 Å². The topological polar surface area (TPSA) is 54.4 Å². The maximum absolute atomic E-state index is 17.0. The largest absolute Gasteiger partial charge is 0.390 e. The third kappa shape index (κ3) is 2.54. The van der Waals surface area contributed by atoms with Crippen LogP contribution in [0.25, 0.3) is 0 Å². The molecule has 3 saturated carbocycles. The molecular formula is C23H31FO3S2. The molecule has 0 bridgehead atoms. The number of rotatable bonds is 4. The van der Waals surface area contributed by atoms with Crippen LogP contribution in [0.1, 0.15) is 53.4 Å². The molecule has 0 saturated heterocycles. The summed E-state index contributed by atoms with van der Waals surface area (Å²) < 4.78 is 16.4. The van der Waals surface area contributed by atoms with Crippen molar-refractivity contribution in [1.29, 1.82) is 0 Å². The first kappa shape index (κ1) is 21.6. The lowest BCUT2D eigenvalue weighted by Crippen LogP contribution is -2.67. The molecule has 0 aromatic rings. The number of halogens is 1. The predicted molar refractivity (Wildman–Crippen MR) is 118 cm³/mol. The number of aliphatic hydroxyl groups is 1. The van der Waals surface area contributed by atoms with Crippen molar-refractivity contribution in [3.8, 4) is 0 Å². The van der Waals surface area contributed by atoms with Crippen molar-refractivity contribution in [1.82, 2.24) is 0 Å². The van der Waals surface area contributed by atoms with Crippen LogP contribution >= 0.6 is 23.5 Å². The lowest BCUT2D eigenvalue weighted by molar-refractivity contribution is -0.189. The monoisotopic (exact) mass is 438 g/mol. The Hall–Kier alpha value is -0.590. The van der Waals surface area contributed by atoms with Crippen molar-refractivity contribution >= 4 is 35.1 Å². The first-order valence-corrected chi connectivity index (χ1v) is 12.7. The van der Waals surface area contributed by atoms with Crippen LogP contribution in [0.2, 0.25) is 0 Å². The predicted octanol–water partition coefficient (Wildman–Crippen LogP) is 4.74. The Kier molecular flexibility index (Phi) is 5.19. The molecule has 0 aliphatic heterocycles. The summed E-state index contributed by atoms with van der Waals surface area (Å²) in [5.41, 5.74) is -2.51. The van der Waals surface area contributed by atoms with E-state index >= 15 is 4.39 Å². The minimum absolute atomic E-state index is 0.0918. The highest BCUT2D eigenvalue weighted by atomic mass is 32.2. The smallest absolute Gasteiger partial charge is 0.178 e. The molecule has 29 heavy (non-hydrogen) atoms. The van der Waals surface area contributed by atoms with Gasteiger partial charge in [-0.25, -0.2) is 4.39 Å². The third-order valence-corrected chi connectivity index (χ3v) is 11.7. The van der Waals surface area contributed by atoms with Crippen molar-refractivity contribution in [2.45, 2.75) is 69.2 Å². The van der Waals surface area contributed by atoms with Gasteiger partial charge in [0.25, 0.3) is 0 Å². The number of Topliss-reactive ketones (excluding diaryl/α,β-unsaturated/α-hetero) is 1. The quantitative estimate of drug-likeness (QED) is 0.643. The zero-order valence-electron chi connectivity index (χ0n) is 17.7. The number of carbonyl (C=O) groups excluding carboxylic acids is 2. The van der Waals surface area contributed by atoms with E-state index < -0.39 is 32.6 Å². The molecular weight excluding hydrogens is 407 g/mol. The third-order valence-electron chi connectivity index (χ3n) is 8.25. The Bertz CT molecular complexity index is 802. The Morgan fingerprint density at radius 1 is 1.17 bits per heavy atom. The molecule has 0 aromatic heterocycles. The van der Waals surface area contributed by atoms with Crippen molar-refractivity contribution in [3.63, 3.8) is 0 Å². The van der Waals surface area contributed by atoms with Gasteiger partial charge in [0.1, 0.15) is 4.08 Å². The van der Waals surface area contributed by atoms with Crippen LogP contribution in [0.5, 0.6) is 0 Å². The number of ketones is 2. The highest BCUT2D eigenvalue weighted by Gasteiger charge is 2.75. The van der Waals surface area contributed by atoms with E-state index in [9.17, 15) is 14.7 Å². The fraction of sp³-hybridized carbons (Fsp3) is 0.739. The van der Waals surface area contributed by atoms with E-state index in [0.717, 1.165) is 17.1 Å². The highest BCUT2D eigenvalue weighted by Crippen LogP contribution is 2.72. The van der Waals surface area contributed by atoms with Gasteiger partial charge in [0.15, 0.2) is 17.2 Å². The SMILES string of the molecule is CCSC1(SCC)C(=O)C[C@H]2[C@@H]3CCC4=CC(=O)C=C[C@]4(C)[C@@]3(F)[C@@H](O)C[C@@]21C. The van der Waals surface area contributed by atoms with Crippen molar-refractivity contribution < 1.29 is 19.1 Å². The highest BCUT2D eigenvalue weighted by molar-refractivity contribution is 8.19. The van der Waals surface area contributed by atoms with Crippen LogP contribution in [0.3, 0.4) is 0 Å². The summed E-state index contributed by atoms with van der Waals surface area (Å²) in [5, 5.41) is 11.4. The van der Waals surface area contributed by atoms with Crippen molar-refractivity contribution in [2.24, 2.45) is 22.7 Å². The second-order valence-electron chi connectivity index (χ2n) is 9.37. The molecule has 6 atom stereocenters. The van der Waals surface area contributed by atoms with Gasteiger partial charge in [0, 0.05) is 23.2 Å². The normalized spacial score (nSPS) is 45.4. The summed E-state index contributed by atoms with van der Waals surface area (Å²) in [5.74, 6) is 1.25. The van der Waals surface area contributed by atoms with Crippen LogP contribution in [-0.4, -0.2) is 44.0 Å². The maximum atomic E-state index is 17.0. The van der Waals surface area contributed by atoms with Crippen LogP contribution in [0, 0.1) is 22.7 Å². The van der Waals surface area contributed by atoms with Crippen LogP contribution in [0.4, 0.5) is 4.39 Å². The molecule has 0 unspecified atom stereocenters. The molecule has 160 valence electrons. The molecule has 0 radical (unpaired) electrons. The van der Waals surface area contributed by atoms with Crippen LogP contribution in [-0.2, 0) is 9.59 Å². The van der Waals surface area contributed by atoms with Gasteiger partial charge < -0.3 is 5.11 Å². The number of hydrogen-bond donors (Lipinski definition) is 1. The number of aliphatic hydroxyl groups excluding tert-OH is 1. The fourth-order valence-corrected chi connectivity index (χ4v) is 10.4. The summed E-state index contributed by atoms with van der Waals surface area (Å²) in [6.45, 7) is 8.07. The molecule has 4 rings (SSSR count). The average molecular weight is 439 g/mol. The summed E-state index contributed by atoms with van der Waals surface area (Å²) in [6.07, 6.45) is 5.39. The van der Waals surface area contributed by atoms with E-state index in [1.165, 1.54) is 6.08 Å². The van der Waals surface area contributed by atoms with E-state index in [1.54, 1.807) is 35.7 Å². The zero-order valence-corrected chi connectivity index (χ0v) is 19.3. The molecule has 0 spiro atoms. The Morgan fingerprint density at radius 3 is 2.45 bits per heavy atom. The van der Waals surface area contributed by atoms with Crippen molar-refractivity contribution in [2.75, 3.05) is 11.5 Å². The van der Waals surface area contributed by atoms with Gasteiger partial charge in [-0.05, 0) is 55.8 Å². The number of allylic oxidation sites excluding steroid dienone is 4. The molecule has 0 amide bonds. The lowest BCUT2D eigenvalue weighted by Gasteiger charge is -2.62. The van der Waals surface area contributed by atoms with Gasteiger partial charge >= 0.3 is 0 Å². The summed E-state index contributed by atoms with van der Waals surface area (Å²) in [7, 11) is 0. The molecule has 4 aliphatic carbocycles. The molecule has 6 heteroatoms. The molecule has 1 N–H and O–H groups in total. The van der Waals surface area contributed by atoms with Gasteiger partial charge in [-0.2, -0.15) is 0 Å². The Balaban J connectivity index is 1.83. The molecule has 3 nitrogen and oxygen atoms in total. The summed E-state index contributed by atoms with van der Waals surface area (Å²) in [4.78, 5) is 25.3. The van der Waals surface area contributed by atoms with Crippen LogP contribution < -0.4 is 0 Å². The number of fused-ring (bicyclic) bond motifs is 5. The van der Waals surface area contributed by atoms with E-state index in [4.69, 9.17) is 0 Å². The second-order valence-corrected chi connectivity index (χ2v) is 12.6. The molecule has 0 heterocycles. The maximum Gasteiger partial charge on any atom is 0.178 e. The second kappa shape index (κ2) is 6.96. The molecule has 3 fully saturated rings. The number of thioether (sulfide) groups is 2. The minimum atomic E-state index is -1.86. The molecule has 0 aromatic carbocycles. The van der Waals surface area contributed by atoms with Crippen molar-refractivity contribution in [3.05, 3.63) is 23.8 Å². The van der Waals surface area contributed by atoms with Gasteiger partial charge in [-0.3, -0.25) is 9.59 Å². The van der Waals surface area contributed by atoms with Gasteiger partial charge in [-0.1, -0.05) is 32.4 Å². The van der Waals surface area contributed by atoms with Gasteiger partial charge in [0.05, 0.1) is 6.10 Å². The number of hydrogen-bond acceptors (Lipinski definition) is 5. The lowest BCUT2D eigenvalue weighted by atomic mass is 9.46. The van der Waals surface area contributed by atoms with Gasteiger partial charge in [-0.15, -0.1) is 23.5 Å². The minimum Gasteiger partial charge on any atom is -0.390 e. The standard InChI is InChI=1S/C23H31FO3S2/c1-5-28-23(29-6-2)18(26)12-17-16-8-7-14-11-15(25)9-10-20(14,3)22(16,24)19(27)13-21(17,23)4/h9-11,16-17,19,27H,5-8,12-13H2,1-4H3/t16-,17-,19-,20-,21-,22-/m0/s1. The summed E-state index contributed by atoms with van der Waals surface area (Å²) in [6, 6.07) is 0. The zero-order chi connectivity index (χ0) is 21.2. The van der Waals surface area contributed by atoms with Crippen LogP contribution in [0.15, 0.2) is 23.8 Å². The van der Waals surface area contributed by atoms with Gasteiger partial charge in [0.2, 0.25) is 0 Å². The fourth-order valence-electron chi connectivity index (χ4n) is 6.91.